The second-order valence-corrected chi connectivity index (χ2v) is 7.04. The number of hydrogen-bond donors (Lipinski definition) is 1. The van der Waals surface area contributed by atoms with Crippen molar-refractivity contribution in [2.75, 3.05) is 11.6 Å². The van der Waals surface area contributed by atoms with Crippen molar-refractivity contribution in [2.45, 2.75) is 23.8 Å². The van der Waals surface area contributed by atoms with E-state index in [-0.39, 0.29) is 0 Å². The number of nitrogens with one attached hydrogen (secondary N) is 1. The van der Waals surface area contributed by atoms with Gasteiger partial charge in [0.2, 0.25) is 0 Å². The zero-order valence-corrected chi connectivity index (χ0v) is 12.5. The Morgan fingerprint density at radius 2 is 2.11 bits per heavy atom. The Morgan fingerprint density at radius 1 is 1.33 bits per heavy atom. The molecule has 1 nitrogen and oxygen atoms in total. The smallest absolute Gasteiger partial charge is 0.0934 e. The molecule has 4 heteroatoms. The first-order valence-corrected chi connectivity index (χ1v) is 8.37. The molecule has 0 saturated carbocycles. The number of rotatable bonds is 3. The standard InChI is InChI=1S/C14H14ClNS2/c1-17-10-4-2-9(3-5-10)16-12-6-7-13-11(12)8-14(15)18-13/h2-5,8,12,16H,6-7H2,1H3. The first kappa shape index (κ1) is 12.4. The molecular formula is C14H14ClNS2. The second kappa shape index (κ2) is 5.16. The summed E-state index contributed by atoms with van der Waals surface area (Å²) in [6.45, 7) is 0. The largest absolute Gasteiger partial charge is 0.378 e. The highest BCUT2D eigenvalue weighted by atomic mass is 35.5. The normalized spacial score (nSPS) is 17.8. The van der Waals surface area contributed by atoms with Gasteiger partial charge >= 0.3 is 0 Å². The van der Waals surface area contributed by atoms with Crippen molar-refractivity contribution in [1.29, 1.82) is 0 Å². The lowest BCUT2D eigenvalue weighted by Crippen LogP contribution is -2.06. The SMILES string of the molecule is CSc1ccc(NC2CCc3sc(Cl)cc32)cc1. The minimum atomic E-state index is 0.420. The van der Waals surface area contributed by atoms with E-state index >= 15 is 0 Å². The summed E-state index contributed by atoms with van der Waals surface area (Å²) in [6.07, 6.45) is 4.41. The lowest BCUT2D eigenvalue weighted by molar-refractivity contribution is 0.762. The van der Waals surface area contributed by atoms with Crippen LogP contribution < -0.4 is 5.32 Å². The van der Waals surface area contributed by atoms with Crippen LogP contribution in [0.2, 0.25) is 4.34 Å². The molecule has 18 heavy (non-hydrogen) atoms. The lowest BCUT2D eigenvalue weighted by atomic mass is 10.1. The average Bonchev–Trinajstić information content (AvgIpc) is 2.91. The molecule has 1 aliphatic carbocycles. The molecule has 1 aromatic heterocycles. The van der Waals surface area contributed by atoms with Crippen LogP contribution >= 0.6 is 34.7 Å². The van der Waals surface area contributed by atoms with E-state index in [2.05, 4.69) is 41.9 Å². The van der Waals surface area contributed by atoms with Gasteiger partial charge in [-0.25, -0.2) is 0 Å². The van der Waals surface area contributed by atoms with Gasteiger partial charge in [-0.2, -0.15) is 0 Å². The van der Waals surface area contributed by atoms with Crippen molar-refractivity contribution in [3.05, 3.63) is 45.1 Å². The molecular weight excluding hydrogens is 282 g/mol. The summed E-state index contributed by atoms with van der Waals surface area (Å²) in [6, 6.07) is 11.1. The van der Waals surface area contributed by atoms with Crippen molar-refractivity contribution in [3.8, 4) is 0 Å². The molecule has 0 amide bonds. The van der Waals surface area contributed by atoms with Crippen LogP contribution in [0.5, 0.6) is 0 Å². The highest BCUT2D eigenvalue weighted by Gasteiger charge is 2.24. The zero-order chi connectivity index (χ0) is 12.5. The predicted octanol–water partition coefficient (Wildman–Crippen LogP) is 5.22. The Bertz CT molecular complexity index is 547. The number of anilines is 1. The maximum atomic E-state index is 6.07. The minimum Gasteiger partial charge on any atom is -0.378 e. The van der Waals surface area contributed by atoms with Gasteiger partial charge in [0.25, 0.3) is 0 Å². The van der Waals surface area contributed by atoms with Gasteiger partial charge in [-0.05, 0) is 55.0 Å². The van der Waals surface area contributed by atoms with Gasteiger partial charge in [-0.15, -0.1) is 23.1 Å². The number of hydrogen-bond acceptors (Lipinski definition) is 3. The van der Waals surface area contributed by atoms with Crippen molar-refractivity contribution in [1.82, 2.24) is 0 Å². The van der Waals surface area contributed by atoms with Crippen molar-refractivity contribution >= 4 is 40.4 Å². The first-order valence-electron chi connectivity index (χ1n) is 5.95. The van der Waals surface area contributed by atoms with Gasteiger partial charge in [-0.3, -0.25) is 0 Å². The summed E-state index contributed by atoms with van der Waals surface area (Å²) < 4.78 is 0.907. The fourth-order valence-corrected chi connectivity index (χ4v) is 4.13. The van der Waals surface area contributed by atoms with E-state index in [9.17, 15) is 0 Å². The number of thiophene rings is 1. The molecule has 0 aliphatic heterocycles. The molecule has 1 aromatic carbocycles. The molecule has 1 atom stereocenters. The third-order valence-corrected chi connectivity index (χ3v) is 5.36. The van der Waals surface area contributed by atoms with Crippen LogP contribution in [0.1, 0.15) is 22.9 Å². The summed E-state index contributed by atoms with van der Waals surface area (Å²) >= 11 is 9.56. The van der Waals surface area contributed by atoms with Crippen LogP contribution in [0.4, 0.5) is 5.69 Å². The molecule has 0 saturated heterocycles. The molecule has 1 unspecified atom stereocenters. The van der Waals surface area contributed by atoms with Crippen molar-refractivity contribution in [3.63, 3.8) is 0 Å². The van der Waals surface area contributed by atoms with Crippen LogP contribution in [0, 0.1) is 0 Å². The van der Waals surface area contributed by atoms with E-state index in [1.165, 1.54) is 27.4 Å². The van der Waals surface area contributed by atoms with Gasteiger partial charge in [0.15, 0.2) is 0 Å². The van der Waals surface area contributed by atoms with Gasteiger partial charge in [0, 0.05) is 15.5 Å². The fraction of sp³-hybridized carbons (Fsp3) is 0.286. The minimum absolute atomic E-state index is 0.420. The van der Waals surface area contributed by atoms with E-state index in [1.54, 1.807) is 23.1 Å². The average molecular weight is 296 g/mol. The number of fused-ring (bicyclic) bond motifs is 1. The number of benzene rings is 1. The maximum Gasteiger partial charge on any atom is 0.0934 e. The first-order chi connectivity index (χ1) is 8.76. The molecule has 0 fully saturated rings. The van der Waals surface area contributed by atoms with Crippen LogP contribution in [0.3, 0.4) is 0 Å². The lowest BCUT2D eigenvalue weighted by Gasteiger charge is -2.14. The fourth-order valence-electron chi connectivity index (χ4n) is 2.37. The Balaban J connectivity index is 1.77. The van der Waals surface area contributed by atoms with Gasteiger partial charge in [0.1, 0.15) is 0 Å². The van der Waals surface area contributed by atoms with Crippen molar-refractivity contribution < 1.29 is 0 Å². The van der Waals surface area contributed by atoms with E-state index in [0.29, 0.717) is 6.04 Å². The van der Waals surface area contributed by atoms with Gasteiger partial charge < -0.3 is 5.32 Å². The second-order valence-electron chi connectivity index (χ2n) is 4.39. The molecule has 0 bridgehead atoms. The summed E-state index contributed by atoms with van der Waals surface area (Å²) in [4.78, 5) is 2.74. The summed E-state index contributed by atoms with van der Waals surface area (Å²) in [5.41, 5.74) is 2.58. The molecule has 1 N–H and O–H groups in total. The number of halogens is 1. The highest BCUT2D eigenvalue weighted by Crippen LogP contribution is 2.40. The number of aryl methyl sites for hydroxylation is 1. The van der Waals surface area contributed by atoms with Gasteiger partial charge in [-0.1, -0.05) is 11.6 Å². The zero-order valence-electron chi connectivity index (χ0n) is 10.1. The van der Waals surface area contributed by atoms with Crippen LogP contribution in [0.25, 0.3) is 0 Å². The topological polar surface area (TPSA) is 12.0 Å². The Morgan fingerprint density at radius 3 is 2.83 bits per heavy atom. The third-order valence-electron chi connectivity index (χ3n) is 3.28. The molecule has 0 radical (unpaired) electrons. The molecule has 0 spiro atoms. The molecule has 2 aromatic rings. The van der Waals surface area contributed by atoms with Crippen molar-refractivity contribution in [2.24, 2.45) is 0 Å². The monoisotopic (exact) mass is 295 g/mol. The Hall–Kier alpha value is -0.640. The van der Waals surface area contributed by atoms with Crippen LogP contribution in [0.15, 0.2) is 35.2 Å². The maximum absolute atomic E-state index is 6.07. The summed E-state index contributed by atoms with van der Waals surface area (Å²) in [5, 5.41) is 3.60. The van der Waals surface area contributed by atoms with Gasteiger partial charge in [0.05, 0.1) is 10.4 Å². The molecule has 94 valence electrons. The molecule has 1 aliphatic rings. The van der Waals surface area contributed by atoms with Crippen LogP contribution in [-0.4, -0.2) is 6.26 Å². The van der Waals surface area contributed by atoms with E-state index in [0.717, 1.165) is 10.8 Å². The quantitative estimate of drug-likeness (QED) is 0.779. The van der Waals surface area contributed by atoms with E-state index < -0.39 is 0 Å². The summed E-state index contributed by atoms with van der Waals surface area (Å²) in [7, 11) is 0. The Labute approximate surface area is 121 Å². The van der Waals surface area contributed by atoms with Crippen LogP contribution in [-0.2, 0) is 6.42 Å². The number of thioether (sulfide) groups is 1. The van der Waals surface area contributed by atoms with E-state index in [1.807, 2.05) is 0 Å². The predicted molar refractivity (Wildman–Crippen MR) is 82.2 cm³/mol. The molecule has 3 rings (SSSR count). The van der Waals surface area contributed by atoms with E-state index in [4.69, 9.17) is 11.6 Å². The molecule has 1 heterocycles. The highest BCUT2D eigenvalue weighted by molar-refractivity contribution is 7.98. The summed E-state index contributed by atoms with van der Waals surface area (Å²) in [5.74, 6) is 0. The third kappa shape index (κ3) is 2.40. The Kier molecular flexibility index (Phi) is 3.55.